The van der Waals surface area contributed by atoms with Crippen LogP contribution in [0.5, 0.6) is 0 Å². The number of aliphatic carboxylic acids is 1. The van der Waals surface area contributed by atoms with E-state index in [0.29, 0.717) is 112 Å². The van der Waals surface area contributed by atoms with Gasteiger partial charge in [0.25, 0.3) is 11.8 Å². The number of esters is 3. The van der Waals surface area contributed by atoms with Crippen molar-refractivity contribution >= 4 is 133 Å². The third-order valence-electron chi connectivity index (χ3n) is 18.4. The quantitative estimate of drug-likeness (QED) is 0.0257. The van der Waals surface area contributed by atoms with Crippen molar-refractivity contribution in [1.29, 1.82) is 0 Å². The Morgan fingerprint density at radius 2 is 0.932 bits per heavy atom. The van der Waals surface area contributed by atoms with E-state index in [9.17, 15) is 86.5 Å². The molecule has 0 spiro atoms. The number of piperidine rings is 3. The number of carbonyl (C=O) groups excluding carboxylic acids is 12. The summed E-state index contributed by atoms with van der Waals surface area (Å²) in [6.45, 7) is 46.9. The third-order valence-corrected chi connectivity index (χ3v) is 19.0. The molecule has 10 rings (SSSR count). The maximum atomic E-state index is 13.8. The maximum absolute atomic E-state index is 13.8. The Morgan fingerprint density at radius 3 is 1.35 bits per heavy atom. The average molecular weight is 2070 g/mol. The highest BCUT2D eigenvalue weighted by atomic mass is 127. The molecule has 0 saturated carbocycles. The number of Topliss-reactive ketones (excluding diaryl/α,β-unsaturated/α-hetero) is 4. The summed E-state index contributed by atoms with van der Waals surface area (Å²) < 4.78 is 74.4. The number of ether oxygens (including phenoxy) is 9. The Balaban J connectivity index is -0.00000152. The number of ketones is 4. The molecule has 1 N–H and O–H groups in total. The molecule has 8 heterocycles. The van der Waals surface area contributed by atoms with Gasteiger partial charge in [-0.15, -0.1) is 0 Å². The summed E-state index contributed by atoms with van der Waals surface area (Å²) in [7, 11) is 0. The van der Waals surface area contributed by atoms with E-state index in [4.69, 9.17) is 47.8 Å². The van der Waals surface area contributed by atoms with Crippen molar-refractivity contribution in [2.75, 3.05) is 103 Å². The molecule has 0 radical (unpaired) electrons. The van der Waals surface area contributed by atoms with Crippen molar-refractivity contribution in [3.05, 3.63) is 107 Å². The van der Waals surface area contributed by atoms with Crippen LogP contribution in [0.15, 0.2) is 52.5 Å². The Bertz CT molecular complexity index is 4440. The number of aromatic nitrogens is 2. The van der Waals surface area contributed by atoms with Crippen molar-refractivity contribution in [1.82, 2.24) is 34.3 Å². The SMILES string of the molecule is C.C.C.C.C1CCOC1.CC(=O)O.CC(C)(C)OC(=O)N1CCC(=O)CC1.CC1CN(C(=O)OC(C)(C)C)CCC1=O.CCOC(=O)C(=O)C1CN(C(=O)OC(C)(C)C)CC(C)C1=O.CCOC(=O)C1=NCC2=C1CN(C(=O)OC(C)(C)C)CC2C.CCOC(=O)c1nn(Cc2ccc(F)c([N+](=O)[O-])c2)c2c1CN(C(=O)OC(C)(C)C)CC2C.CI.O=[N+]([O-])c1cc(CBr)ccc1F. The molecule has 2 aromatic carbocycles. The van der Waals surface area contributed by atoms with E-state index in [1.54, 1.807) is 88.6 Å². The molecule has 133 heavy (non-hydrogen) atoms. The largest absolute Gasteiger partial charge is 0.481 e. The number of likely N-dealkylation sites (tertiary alicyclic amines) is 3. The Kier molecular flexibility index (Phi) is 56.2. The van der Waals surface area contributed by atoms with Gasteiger partial charge in [0.15, 0.2) is 5.69 Å². The lowest BCUT2D eigenvalue weighted by Gasteiger charge is -2.35. The molecule has 7 aliphatic rings. The number of carbonyl (C=O) groups is 13. The molecule has 5 amide bonds. The van der Waals surface area contributed by atoms with Crippen molar-refractivity contribution in [3.8, 4) is 0 Å². The van der Waals surface area contributed by atoms with Gasteiger partial charge in [-0.1, -0.05) is 108 Å². The fraction of sp³-hybridized carbons (Fsp3) is 0.663. The summed E-state index contributed by atoms with van der Waals surface area (Å²) in [4.78, 5) is 185. The second-order valence-corrected chi connectivity index (χ2v) is 36.0. The number of nitrogens with zero attached hydrogens (tertiary/aromatic N) is 10. The first-order valence-electron chi connectivity index (χ1n) is 42.2. The summed E-state index contributed by atoms with van der Waals surface area (Å²) in [5, 5.41) is 33.7. The van der Waals surface area contributed by atoms with Crippen LogP contribution in [0.1, 0.15) is 260 Å². The van der Waals surface area contributed by atoms with Gasteiger partial charge in [0, 0.05) is 144 Å². The van der Waals surface area contributed by atoms with Crippen molar-refractivity contribution < 1.29 is 129 Å². The zero-order valence-electron chi connectivity index (χ0n) is 78.7. The number of alkyl halides is 2. The number of halogens is 4. The highest BCUT2D eigenvalue weighted by molar-refractivity contribution is 14.1. The Labute approximate surface area is 804 Å². The number of amides is 5. The van der Waals surface area contributed by atoms with Crippen LogP contribution in [0.3, 0.4) is 0 Å². The van der Waals surface area contributed by atoms with Crippen LogP contribution in [0.2, 0.25) is 0 Å². The van der Waals surface area contributed by atoms with E-state index in [1.165, 1.54) is 40.8 Å². The minimum absolute atomic E-state index is 0. The predicted molar refractivity (Wildman–Crippen MR) is 510 cm³/mol. The minimum atomic E-state index is -1.18. The summed E-state index contributed by atoms with van der Waals surface area (Å²) in [5.41, 5.74) is 0.826. The van der Waals surface area contributed by atoms with Crippen LogP contribution in [-0.2, 0) is 94.6 Å². The number of fused-ring (bicyclic) bond motifs is 1. The fourth-order valence-electron chi connectivity index (χ4n) is 12.7. The molecular weight excluding hydrogens is 1920 g/mol. The topological polar surface area (TPSA) is 458 Å². The molecule has 0 aliphatic carbocycles. The summed E-state index contributed by atoms with van der Waals surface area (Å²) in [6.07, 6.45) is 1.82. The number of carboxylic acids is 1. The lowest BCUT2D eigenvalue weighted by Crippen LogP contribution is -2.53. The van der Waals surface area contributed by atoms with Gasteiger partial charge >= 0.3 is 59.7 Å². The molecule has 37 nitrogen and oxygen atoms in total. The van der Waals surface area contributed by atoms with E-state index >= 15 is 0 Å². The van der Waals surface area contributed by atoms with Gasteiger partial charge in [-0.25, -0.2) is 38.4 Å². The zero-order chi connectivity index (χ0) is 98.7. The number of rotatable bonds is 12. The first-order chi connectivity index (χ1) is 59.8. The lowest BCUT2D eigenvalue weighted by atomic mass is 9.86. The zero-order valence-corrected chi connectivity index (χ0v) is 82.4. The molecule has 4 saturated heterocycles. The van der Waals surface area contributed by atoms with Crippen LogP contribution in [0.25, 0.3) is 0 Å². The average Bonchev–Trinajstić information content (AvgIpc) is 1.64. The predicted octanol–water partition coefficient (Wildman–Crippen LogP) is 17.9. The molecule has 7 aliphatic heterocycles. The summed E-state index contributed by atoms with van der Waals surface area (Å²) in [6, 6.07) is 7.41. The van der Waals surface area contributed by atoms with Crippen LogP contribution in [0, 0.1) is 55.5 Å². The first-order valence-corrected chi connectivity index (χ1v) is 45.5. The van der Waals surface area contributed by atoms with Crippen LogP contribution >= 0.6 is 38.5 Å². The first kappa shape index (κ1) is 127. The smallest absolute Gasteiger partial charge is 0.410 e. The molecule has 0 bridgehead atoms. The van der Waals surface area contributed by atoms with Crippen molar-refractivity contribution in [3.63, 3.8) is 0 Å². The highest BCUT2D eigenvalue weighted by Gasteiger charge is 2.44. The van der Waals surface area contributed by atoms with Crippen molar-refractivity contribution in [2.45, 2.75) is 273 Å². The molecular formula is C92H146BrF2IN10O27. The Hall–Kier alpha value is -10.2. The summed E-state index contributed by atoms with van der Waals surface area (Å²) >= 11 is 5.27. The van der Waals surface area contributed by atoms with Crippen LogP contribution in [0.4, 0.5) is 44.1 Å². The van der Waals surface area contributed by atoms with Gasteiger partial charge in [-0.05, 0) is 177 Å². The second kappa shape index (κ2) is 58.8. The normalized spacial score (nSPS) is 17.6. The Morgan fingerprint density at radius 1 is 0.541 bits per heavy atom. The van der Waals surface area contributed by atoms with E-state index in [-0.39, 0.29) is 128 Å². The van der Waals surface area contributed by atoms with E-state index < -0.39 is 115 Å². The van der Waals surface area contributed by atoms with Gasteiger partial charge in [0.2, 0.25) is 11.6 Å². The van der Waals surface area contributed by atoms with Gasteiger partial charge in [0.1, 0.15) is 57.0 Å². The van der Waals surface area contributed by atoms with Crippen LogP contribution in [-0.4, -0.2) is 264 Å². The molecule has 41 heteroatoms. The molecule has 754 valence electrons. The standard InChI is InChI=1S/C22H27FN4O6.C16H24N2O4.C15H23NO6.C11H19NO3.C10H17NO3.C7H5BrFNO2.C4H8O.C2H4O2.CH3I.4CH4/c1-6-32-20(28)18-15-12-25(21(29)33-22(3,4)5)10-13(2)19(15)26(24-18)11-14-7-8-16(23)17(9-14)27(30)31;1-6-21-14(19)13-12-9-18(15(20)22-16(3,4)5)8-10(2)11(12)7-17-13;1-6-21-13(19)12(18)10-8-16(7-9(2)11(10)17)14(20)22-15(3,4)5;1-8-7-12(6-5-9(8)13)10(14)15-11(2,3)4;1-10(2,3)14-9(13)11-6-4-8(12)5-7-11;8-4-5-1-2-6(9)7(3-5)10(11)12;1-2-4-5-3-1;1-2(3)4;1-2;;;;/h7-9,13H,6,10-12H2,1-5H3;10H,6-9H2,1-5H3;9-10H,6-8H2,1-5H3;8H,5-7H2,1-4H3;4-7H2,1-3H3;1-3H,4H2;1-4H2;1H3,(H,3,4);1H3;4*1H4. The number of aliphatic imine (C=N–C) groups is 1. The van der Waals surface area contributed by atoms with Gasteiger partial charge in [0.05, 0.1) is 55.8 Å². The fourth-order valence-corrected chi connectivity index (χ4v) is 13.1. The number of carboxylic acid groups (broad SMARTS) is 1. The lowest BCUT2D eigenvalue weighted by molar-refractivity contribution is -0.387. The molecule has 5 atom stereocenters. The number of hydrogen-bond acceptors (Lipinski definition) is 28. The van der Waals surface area contributed by atoms with E-state index in [0.717, 1.165) is 49.5 Å². The van der Waals surface area contributed by atoms with Crippen molar-refractivity contribution in [2.24, 2.45) is 28.7 Å². The van der Waals surface area contributed by atoms with Gasteiger partial charge < -0.3 is 72.2 Å². The number of benzene rings is 2. The van der Waals surface area contributed by atoms with Gasteiger partial charge in [-0.2, -0.15) is 13.9 Å². The summed E-state index contributed by atoms with van der Waals surface area (Å²) in [5.74, 6) is -7.29. The number of nitro groups is 2. The van der Waals surface area contributed by atoms with Crippen LogP contribution < -0.4 is 0 Å². The number of nitro benzene ring substituents is 2. The minimum Gasteiger partial charge on any atom is -0.481 e. The third kappa shape index (κ3) is 45.1. The second-order valence-electron chi connectivity index (χ2n) is 35.4. The molecule has 4 fully saturated rings. The van der Waals surface area contributed by atoms with E-state index in [1.807, 2.05) is 88.0 Å². The molecule has 3 aromatic rings. The number of hydrogen-bond donors (Lipinski definition) is 1. The molecule has 1 aromatic heterocycles. The maximum Gasteiger partial charge on any atom is 0.410 e. The van der Waals surface area contributed by atoms with Gasteiger partial charge in [-0.3, -0.25) is 53.9 Å². The monoisotopic (exact) mass is 2070 g/mol. The molecule has 5 unspecified atom stereocenters. The van der Waals surface area contributed by atoms with E-state index in [2.05, 4.69) is 53.3 Å². The highest BCUT2D eigenvalue weighted by Crippen LogP contribution is 2.35.